The first-order valence-corrected chi connectivity index (χ1v) is 8.93. The van der Waals surface area contributed by atoms with Crippen molar-refractivity contribution in [2.24, 2.45) is 0 Å². The molecule has 2 N–H and O–H groups in total. The minimum Gasteiger partial charge on any atom is -0.342 e. The van der Waals surface area contributed by atoms with E-state index in [2.05, 4.69) is 20.6 Å². The van der Waals surface area contributed by atoms with Gasteiger partial charge in [-0.2, -0.15) is 0 Å². The van der Waals surface area contributed by atoms with Crippen LogP contribution in [0.25, 0.3) is 0 Å². The zero-order valence-electron chi connectivity index (χ0n) is 15.8. The molecule has 0 radical (unpaired) electrons. The number of piperazine rings is 1. The third kappa shape index (κ3) is 4.81. The summed E-state index contributed by atoms with van der Waals surface area (Å²) < 4.78 is 0. The van der Waals surface area contributed by atoms with Crippen LogP contribution in [0.3, 0.4) is 0 Å². The van der Waals surface area contributed by atoms with E-state index in [0.717, 1.165) is 12.1 Å². The number of amides is 3. The van der Waals surface area contributed by atoms with Crippen molar-refractivity contribution >= 4 is 35.4 Å². The van der Waals surface area contributed by atoms with Gasteiger partial charge in [0.25, 0.3) is 5.91 Å². The van der Waals surface area contributed by atoms with Gasteiger partial charge in [0.15, 0.2) is 0 Å². The van der Waals surface area contributed by atoms with E-state index in [1.54, 1.807) is 34.9 Å². The second kappa shape index (κ2) is 8.47. The molecule has 0 atom stereocenters. The fraction of sp³-hybridized carbons (Fsp3) is 0.316. The Balaban J connectivity index is 1.71. The molecule has 28 heavy (non-hydrogen) atoms. The smallest absolute Gasteiger partial charge is 0.272 e. The van der Waals surface area contributed by atoms with Crippen molar-refractivity contribution in [3.63, 3.8) is 0 Å². The topological polar surface area (TPSA) is 108 Å². The predicted molar refractivity (Wildman–Crippen MR) is 104 cm³/mol. The first kappa shape index (κ1) is 19.3. The largest absolute Gasteiger partial charge is 0.342 e. The molecular weight excluding hydrogens is 360 g/mol. The van der Waals surface area contributed by atoms with Crippen LogP contribution in [0, 0.1) is 6.92 Å². The van der Waals surface area contributed by atoms with Gasteiger partial charge in [-0.1, -0.05) is 0 Å². The Kier molecular flexibility index (Phi) is 5.83. The van der Waals surface area contributed by atoms with Crippen LogP contribution < -0.4 is 10.6 Å². The average molecular weight is 382 g/mol. The molecule has 1 fully saturated rings. The van der Waals surface area contributed by atoms with E-state index in [1.807, 2.05) is 12.1 Å². The maximum Gasteiger partial charge on any atom is 0.272 e. The Bertz CT molecular complexity index is 876. The lowest BCUT2D eigenvalue weighted by Crippen LogP contribution is -2.48. The van der Waals surface area contributed by atoms with E-state index in [4.69, 9.17) is 0 Å². The van der Waals surface area contributed by atoms with Gasteiger partial charge in [-0.05, 0) is 31.2 Å². The lowest BCUT2D eigenvalue weighted by atomic mass is 10.2. The molecule has 146 valence electrons. The van der Waals surface area contributed by atoms with Crippen LogP contribution in [0.1, 0.15) is 23.2 Å². The number of carbonyl (C=O) groups is 3. The van der Waals surface area contributed by atoms with E-state index in [9.17, 15) is 14.4 Å². The maximum absolute atomic E-state index is 12.8. The van der Waals surface area contributed by atoms with Crippen LogP contribution in [-0.2, 0) is 9.59 Å². The highest BCUT2D eigenvalue weighted by molar-refractivity contribution is 5.93. The molecule has 2 heterocycles. The van der Waals surface area contributed by atoms with Crippen molar-refractivity contribution < 1.29 is 14.4 Å². The van der Waals surface area contributed by atoms with Gasteiger partial charge in [0.2, 0.25) is 12.3 Å². The molecule has 0 unspecified atom stereocenters. The molecule has 1 aliphatic rings. The van der Waals surface area contributed by atoms with Crippen molar-refractivity contribution in [1.29, 1.82) is 0 Å². The summed E-state index contributed by atoms with van der Waals surface area (Å²) in [5.74, 6) is 0.675. The molecular formula is C19H22N6O3. The van der Waals surface area contributed by atoms with Gasteiger partial charge in [-0.3, -0.25) is 14.4 Å². The number of anilines is 3. The Morgan fingerprint density at radius 1 is 1.04 bits per heavy atom. The standard InChI is InChI=1S/C19H22N6O3/c1-13-20-17(19(28)25-9-7-24(12-26)8-10-25)11-18(21-13)23-16-5-3-15(4-6-16)22-14(2)27/h3-6,11-12H,7-10H2,1-2H3,(H,22,27)(H,20,21,23). The van der Waals surface area contributed by atoms with Crippen LogP contribution in [0.4, 0.5) is 17.2 Å². The molecule has 1 aromatic heterocycles. The SMILES string of the molecule is CC(=O)Nc1ccc(Nc2cc(C(=O)N3CCN(C=O)CC3)nc(C)n2)cc1. The number of aromatic nitrogens is 2. The van der Waals surface area contributed by atoms with Crippen molar-refractivity contribution in [3.8, 4) is 0 Å². The summed E-state index contributed by atoms with van der Waals surface area (Å²) in [4.78, 5) is 46.6. The van der Waals surface area contributed by atoms with Gasteiger partial charge in [0.1, 0.15) is 17.3 Å². The molecule has 1 aliphatic heterocycles. The molecule has 2 aromatic rings. The molecule has 0 bridgehead atoms. The predicted octanol–water partition coefficient (Wildman–Crippen LogP) is 1.40. The molecule has 0 saturated carbocycles. The quantitative estimate of drug-likeness (QED) is 0.757. The Labute approximate surface area is 162 Å². The van der Waals surface area contributed by atoms with Crippen LogP contribution in [0.2, 0.25) is 0 Å². The maximum atomic E-state index is 12.8. The Hall–Kier alpha value is -3.49. The highest BCUT2D eigenvalue weighted by atomic mass is 16.2. The van der Waals surface area contributed by atoms with Crippen molar-refractivity contribution in [2.45, 2.75) is 13.8 Å². The lowest BCUT2D eigenvalue weighted by Gasteiger charge is -2.32. The number of rotatable bonds is 5. The van der Waals surface area contributed by atoms with Crippen molar-refractivity contribution in [3.05, 3.63) is 41.9 Å². The highest BCUT2D eigenvalue weighted by Crippen LogP contribution is 2.19. The summed E-state index contributed by atoms with van der Waals surface area (Å²) >= 11 is 0. The zero-order valence-corrected chi connectivity index (χ0v) is 15.8. The third-order valence-corrected chi connectivity index (χ3v) is 4.29. The summed E-state index contributed by atoms with van der Waals surface area (Å²) in [7, 11) is 0. The third-order valence-electron chi connectivity index (χ3n) is 4.29. The van der Waals surface area contributed by atoms with Gasteiger partial charge in [0.05, 0.1) is 0 Å². The first-order chi connectivity index (χ1) is 13.4. The Morgan fingerprint density at radius 3 is 2.29 bits per heavy atom. The van der Waals surface area contributed by atoms with E-state index in [1.165, 1.54) is 6.92 Å². The van der Waals surface area contributed by atoms with Crippen LogP contribution in [0.15, 0.2) is 30.3 Å². The molecule has 9 heteroatoms. The molecule has 0 spiro atoms. The summed E-state index contributed by atoms with van der Waals surface area (Å²) in [6.07, 6.45) is 0.801. The summed E-state index contributed by atoms with van der Waals surface area (Å²) in [6, 6.07) is 8.78. The first-order valence-electron chi connectivity index (χ1n) is 8.93. The van der Waals surface area contributed by atoms with E-state index < -0.39 is 0 Å². The normalized spacial score (nSPS) is 13.8. The number of hydrogen-bond acceptors (Lipinski definition) is 6. The molecule has 1 saturated heterocycles. The summed E-state index contributed by atoms with van der Waals surface area (Å²) in [6.45, 7) is 5.18. The lowest BCUT2D eigenvalue weighted by molar-refractivity contribution is -0.119. The highest BCUT2D eigenvalue weighted by Gasteiger charge is 2.23. The van der Waals surface area contributed by atoms with Crippen LogP contribution in [0.5, 0.6) is 0 Å². The zero-order chi connectivity index (χ0) is 20.1. The van der Waals surface area contributed by atoms with Gasteiger partial charge in [0, 0.05) is 50.5 Å². The minimum atomic E-state index is -0.180. The number of nitrogens with one attached hydrogen (secondary N) is 2. The van der Waals surface area contributed by atoms with Crippen LogP contribution >= 0.6 is 0 Å². The van der Waals surface area contributed by atoms with Gasteiger partial charge < -0.3 is 20.4 Å². The fourth-order valence-electron chi connectivity index (χ4n) is 2.92. The Morgan fingerprint density at radius 2 is 1.68 bits per heavy atom. The summed E-state index contributed by atoms with van der Waals surface area (Å²) in [5.41, 5.74) is 1.77. The van der Waals surface area contributed by atoms with E-state index in [-0.39, 0.29) is 11.8 Å². The number of benzene rings is 1. The number of hydrogen-bond donors (Lipinski definition) is 2. The molecule has 0 aliphatic carbocycles. The minimum absolute atomic E-state index is 0.135. The van der Waals surface area contributed by atoms with Crippen molar-refractivity contribution in [2.75, 3.05) is 36.8 Å². The van der Waals surface area contributed by atoms with E-state index >= 15 is 0 Å². The average Bonchev–Trinajstić information content (AvgIpc) is 2.68. The van der Waals surface area contributed by atoms with Crippen LogP contribution in [-0.4, -0.2) is 64.2 Å². The number of aryl methyl sites for hydroxylation is 1. The molecule has 1 aromatic carbocycles. The monoisotopic (exact) mass is 382 g/mol. The van der Waals surface area contributed by atoms with Gasteiger partial charge in [-0.15, -0.1) is 0 Å². The number of carbonyl (C=O) groups excluding carboxylic acids is 3. The summed E-state index contributed by atoms with van der Waals surface area (Å²) in [5, 5.41) is 5.86. The second-order valence-electron chi connectivity index (χ2n) is 6.50. The molecule has 3 amide bonds. The molecule has 9 nitrogen and oxygen atoms in total. The second-order valence-corrected chi connectivity index (χ2v) is 6.50. The fourth-order valence-corrected chi connectivity index (χ4v) is 2.92. The van der Waals surface area contributed by atoms with Crippen molar-refractivity contribution in [1.82, 2.24) is 19.8 Å². The molecule has 3 rings (SSSR count). The van der Waals surface area contributed by atoms with E-state index in [0.29, 0.717) is 49.2 Å². The van der Waals surface area contributed by atoms with Gasteiger partial charge >= 0.3 is 0 Å². The number of nitrogens with zero attached hydrogens (tertiary/aromatic N) is 4. The van der Waals surface area contributed by atoms with Gasteiger partial charge in [-0.25, -0.2) is 9.97 Å².